The van der Waals surface area contributed by atoms with Gasteiger partial charge in [-0.3, -0.25) is 4.90 Å². The maximum Gasteiger partial charge on any atom is 0.0702 e. The van der Waals surface area contributed by atoms with Crippen LogP contribution in [0.4, 0.5) is 0 Å². The van der Waals surface area contributed by atoms with Gasteiger partial charge < -0.3 is 5.73 Å². The number of rotatable bonds is 7. The van der Waals surface area contributed by atoms with Crippen LogP contribution in [0.2, 0.25) is 0 Å². The predicted octanol–water partition coefficient (Wildman–Crippen LogP) is 3.63. The average molecular weight is 305 g/mol. The number of hydrogen-bond donors (Lipinski definition) is 1. The minimum atomic E-state index is 0.385. The van der Waals surface area contributed by atoms with Gasteiger partial charge in [-0.15, -0.1) is 11.3 Å². The Labute approximate surface area is 111 Å². The van der Waals surface area contributed by atoms with Crippen molar-refractivity contribution in [3.8, 4) is 0 Å². The molecular formula is C12H21BrN2S. The second-order valence-corrected chi connectivity index (χ2v) is 6.42. The molecular weight excluding hydrogens is 284 g/mol. The summed E-state index contributed by atoms with van der Waals surface area (Å²) in [6.45, 7) is 7.41. The number of nitrogens with zero attached hydrogens (tertiary/aromatic N) is 1. The molecule has 92 valence electrons. The fourth-order valence-corrected chi connectivity index (χ4v) is 3.52. The normalized spacial score (nSPS) is 13.3. The first-order chi connectivity index (χ1) is 7.72. The number of nitrogens with two attached hydrogens (primary N) is 1. The zero-order valence-corrected chi connectivity index (χ0v) is 12.5. The lowest BCUT2D eigenvalue weighted by Gasteiger charge is -2.29. The van der Waals surface area contributed by atoms with E-state index in [4.69, 9.17) is 5.73 Å². The maximum atomic E-state index is 5.93. The van der Waals surface area contributed by atoms with Crippen molar-refractivity contribution in [2.75, 3.05) is 19.6 Å². The van der Waals surface area contributed by atoms with Crippen molar-refractivity contribution in [1.29, 1.82) is 0 Å². The Morgan fingerprint density at radius 2 is 1.94 bits per heavy atom. The molecule has 2 nitrogen and oxygen atoms in total. The van der Waals surface area contributed by atoms with Gasteiger partial charge in [-0.2, -0.15) is 0 Å². The summed E-state index contributed by atoms with van der Waals surface area (Å²) in [4.78, 5) is 3.87. The fraction of sp³-hybridized carbons (Fsp3) is 0.667. The second-order valence-electron chi connectivity index (χ2n) is 3.93. The van der Waals surface area contributed by atoms with Crippen LogP contribution in [-0.4, -0.2) is 24.5 Å². The maximum absolute atomic E-state index is 5.93. The SMILES string of the molecule is CCCN(CCC)C(CN)c1ccc(Br)s1. The predicted molar refractivity (Wildman–Crippen MR) is 76.0 cm³/mol. The Morgan fingerprint density at radius 1 is 1.31 bits per heavy atom. The van der Waals surface area contributed by atoms with Crippen molar-refractivity contribution in [2.24, 2.45) is 5.73 Å². The number of thiophene rings is 1. The molecule has 0 fully saturated rings. The Bertz CT molecular complexity index is 295. The van der Waals surface area contributed by atoms with E-state index in [0.717, 1.165) is 13.1 Å². The van der Waals surface area contributed by atoms with Gasteiger partial charge in [-0.1, -0.05) is 13.8 Å². The molecule has 1 aromatic heterocycles. The third-order valence-corrected chi connectivity index (χ3v) is 4.33. The first-order valence-electron chi connectivity index (χ1n) is 5.92. The molecule has 1 rings (SSSR count). The van der Waals surface area contributed by atoms with Gasteiger partial charge in [0, 0.05) is 11.4 Å². The standard InChI is InChI=1S/C12H21BrN2S/c1-3-7-15(8-4-2)10(9-14)11-5-6-12(13)16-11/h5-6,10H,3-4,7-9,14H2,1-2H3. The van der Waals surface area contributed by atoms with Crippen molar-refractivity contribution >= 4 is 27.3 Å². The summed E-state index contributed by atoms with van der Waals surface area (Å²) in [5.74, 6) is 0. The molecule has 0 saturated carbocycles. The number of hydrogen-bond acceptors (Lipinski definition) is 3. The molecule has 1 unspecified atom stereocenters. The van der Waals surface area contributed by atoms with Gasteiger partial charge in [0.15, 0.2) is 0 Å². The van der Waals surface area contributed by atoms with E-state index >= 15 is 0 Å². The van der Waals surface area contributed by atoms with E-state index in [1.807, 2.05) is 0 Å². The highest BCUT2D eigenvalue weighted by Crippen LogP contribution is 2.30. The summed E-state index contributed by atoms with van der Waals surface area (Å²) >= 11 is 5.31. The summed E-state index contributed by atoms with van der Waals surface area (Å²) in [6, 6.07) is 4.68. The third-order valence-electron chi connectivity index (χ3n) is 2.61. The molecule has 16 heavy (non-hydrogen) atoms. The highest BCUT2D eigenvalue weighted by Gasteiger charge is 2.19. The third kappa shape index (κ3) is 3.84. The van der Waals surface area contributed by atoms with Crippen LogP contribution in [0.5, 0.6) is 0 Å². The van der Waals surface area contributed by atoms with Gasteiger partial charge >= 0.3 is 0 Å². The fourth-order valence-electron chi connectivity index (χ4n) is 1.95. The zero-order chi connectivity index (χ0) is 12.0. The van der Waals surface area contributed by atoms with Crippen molar-refractivity contribution < 1.29 is 0 Å². The minimum Gasteiger partial charge on any atom is -0.329 e. The molecule has 0 aromatic carbocycles. The van der Waals surface area contributed by atoms with Crippen LogP contribution in [0.25, 0.3) is 0 Å². The molecule has 0 aliphatic heterocycles. The zero-order valence-electron chi connectivity index (χ0n) is 10.1. The lowest BCUT2D eigenvalue weighted by molar-refractivity contribution is 0.205. The van der Waals surface area contributed by atoms with Crippen molar-refractivity contribution in [3.63, 3.8) is 0 Å². The van der Waals surface area contributed by atoms with Crippen molar-refractivity contribution in [3.05, 3.63) is 20.8 Å². The van der Waals surface area contributed by atoms with E-state index in [1.54, 1.807) is 11.3 Å². The van der Waals surface area contributed by atoms with E-state index < -0.39 is 0 Å². The van der Waals surface area contributed by atoms with Crippen LogP contribution >= 0.6 is 27.3 Å². The van der Waals surface area contributed by atoms with Crippen LogP contribution in [0, 0.1) is 0 Å². The van der Waals surface area contributed by atoms with E-state index in [2.05, 4.69) is 46.8 Å². The van der Waals surface area contributed by atoms with Gasteiger partial charge in [0.05, 0.1) is 9.83 Å². The number of halogens is 1. The van der Waals surface area contributed by atoms with Gasteiger partial charge in [0.1, 0.15) is 0 Å². The molecule has 1 heterocycles. The quantitative estimate of drug-likeness (QED) is 0.833. The molecule has 0 spiro atoms. The molecule has 0 radical (unpaired) electrons. The summed E-state index contributed by atoms with van der Waals surface area (Å²) in [5.41, 5.74) is 5.93. The highest BCUT2D eigenvalue weighted by molar-refractivity contribution is 9.11. The lowest BCUT2D eigenvalue weighted by Crippen LogP contribution is -2.34. The largest absolute Gasteiger partial charge is 0.329 e. The summed E-state index contributed by atoms with van der Waals surface area (Å²) < 4.78 is 1.19. The first-order valence-corrected chi connectivity index (χ1v) is 7.53. The molecule has 0 bridgehead atoms. The Balaban J connectivity index is 2.76. The molecule has 2 N–H and O–H groups in total. The first kappa shape index (κ1) is 14.2. The summed E-state index contributed by atoms with van der Waals surface area (Å²) in [7, 11) is 0. The Kier molecular flexibility index (Phi) is 6.58. The van der Waals surface area contributed by atoms with Gasteiger partial charge in [0.25, 0.3) is 0 Å². The summed E-state index contributed by atoms with van der Waals surface area (Å²) in [5, 5.41) is 0. The van der Waals surface area contributed by atoms with Crippen molar-refractivity contribution in [2.45, 2.75) is 32.7 Å². The molecule has 0 aliphatic carbocycles. The molecule has 0 saturated heterocycles. The second kappa shape index (κ2) is 7.43. The summed E-state index contributed by atoms with van der Waals surface area (Å²) in [6.07, 6.45) is 2.37. The van der Waals surface area contributed by atoms with Gasteiger partial charge in [-0.05, 0) is 54.0 Å². The van der Waals surface area contributed by atoms with Crippen LogP contribution < -0.4 is 5.73 Å². The molecule has 0 amide bonds. The van der Waals surface area contributed by atoms with Crippen molar-refractivity contribution in [1.82, 2.24) is 4.90 Å². The molecule has 1 aromatic rings. The molecule has 4 heteroatoms. The minimum absolute atomic E-state index is 0.385. The van der Waals surface area contributed by atoms with Gasteiger partial charge in [0.2, 0.25) is 0 Å². The average Bonchev–Trinajstić information content (AvgIpc) is 2.67. The van der Waals surface area contributed by atoms with E-state index in [1.165, 1.54) is 21.5 Å². The smallest absolute Gasteiger partial charge is 0.0702 e. The van der Waals surface area contributed by atoms with E-state index in [-0.39, 0.29) is 0 Å². The van der Waals surface area contributed by atoms with Crippen LogP contribution in [0.1, 0.15) is 37.6 Å². The van der Waals surface area contributed by atoms with Gasteiger partial charge in [-0.25, -0.2) is 0 Å². The van der Waals surface area contributed by atoms with Crippen LogP contribution in [0.15, 0.2) is 15.9 Å². The highest BCUT2D eigenvalue weighted by atomic mass is 79.9. The van der Waals surface area contributed by atoms with Crippen LogP contribution in [0.3, 0.4) is 0 Å². The van der Waals surface area contributed by atoms with E-state index in [0.29, 0.717) is 12.6 Å². The Morgan fingerprint density at radius 3 is 2.31 bits per heavy atom. The Hall–Kier alpha value is 0.1000. The molecule has 1 atom stereocenters. The molecule has 0 aliphatic rings. The topological polar surface area (TPSA) is 29.3 Å². The van der Waals surface area contributed by atoms with Crippen LogP contribution in [-0.2, 0) is 0 Å². The monoisotopic (exact) mass is 304 g/mol. The lowest BCUT2D eigenvalue weighted by atomic mass is 10.2. The van der Waals surface area contributed by atoms with E-state index in [9.17, 15) is 0 Å².